The van der Waals surface area contributed by atoms with Crippen LogP contribution < -0.4 is 21.7 Å². The van der Waals surface area contributed by atoms with Gasteiger partial charge in [-0.15, -0.1) is 0 Å². The van der Waals surface area contributed by atoms with Crippen molar-refractivity contribution in [2.75, 3.05) is 6.54 Å². The van der Waals surface area contributed by atoms with Gasteiger partial charge in [-0.2, -0.15) is 0 Å². The molecular formula is C26H30N6O7. The van der Waals surface area contributed by atoms with Gasteiger partial charge < -0.3 is 42.0 Å². The van der Waals surface area contributed by atoms with E-state index in [1.54, 1.807) is 12.1 Å². The van der Waals surface area contributed by atoms with E-state index in [9.17, 15) is 34.5 Å². The highest BCUT2D eigenvalue weighted by Crippen LogP contribution is 2.14. The molecule has 3 unspecified atom stereocenters. The summed E-state index contributed by atoms with van der Waals surface area (Å²) >= 11 is 0. The summed E-state index contributed by atoms with van der Waals surface area (Å²) in [4.78, 5) is 57.3. The van der Waals surface area contributed by atoms with E-state index < -0.39 is 41.8 Å². The van der Waals surface area contributed by atoms with Gasteiger partial charge in [0, 0.05) is 31.2 Å². The van der Waals surface area contributed by atoms with Crippen molar-refractivity contribution < 1.29 is 34.5 Å². The molecule has 0 fully saturated rings. The first-order valence-corrected chi connectivity index (χ1v) is 12.0. The number of rotatable bonds is 13. The highest BCUT2D eigenvalue weighted by molar-refractivity contribution is 5.94. The van der Waals surface area contributed by atoms with E-state index in [1.807, 2.05) is 0 Å². The normalized spacial score (nSPS) is 13.1. The first-order chi connectivity index (χ1) is 18.6. The number of aromatic amines is 1. The molecule has 2 aromatic carbocycles. The molecule has 13 heteroatoms. The Labute approximate surface area is 223 Å². The number of carbonyl (C=O) groups is 4. The van der Waals surface area contributed by atoms with Gasteiger partial charge in [0.1, 0.15) is 29.6 Å². The molecule has 3 aromatic rings. The van der Waals surface area contributed by atoms with Gasteiger partial charge in [0.2, 0.25) is 17.7 Å². The monoisotopic (exact) mass is 538 g/mol. The summed E-state index contributed by atoms with van der Waals surface area (Å²) in [5.74, 6) is -3.33. The molecule has 1 aromatic heterocycles. The fourth-order valence-electron chi connectivity index (χ4n) is 3.77. The SMILES string of the molecule is NCC(=O)NC(Cc1cnc[nH]1)C(=O)NC(Cc1ccc(O)cc1)C(=O)NC(Cc1ccc(O)cc1)C(=O)O. The number of imidazole rings is 1. The number of phenolic OH excluding ortho intramolecular Hbond substituents is 2. The summed E-state index contributed by atoms with van der Waals surface area (Å²) in [7, 11) is 0. The van der Waals surface area contributed by atoms with Crippen molar-refractivity contribution in [3.63, 3.8) is 0 Å². The van der Waals surface area contributed by atoms with Crippen LogP contribution in [-0.4, -0.2) is 73.6 Å². The van der Waals surface area contributed by atoms with Crippen LogP contribution in [0.2, 0.25) is 0 Å². The van der Waals surface area contributed by atoms with Crippen molar-refractivity contribution >= 4 is 23.7 Å². The number of carboxylic acid groups (broad SMARTS) is 1. The minimum absolute atomic E-state index is 0.00717. The molecule has 13 nitrogen and oxygen atoms in total. The summed E-state index contributed by atoms with van der Waals surface area (Å²) in [5.41, 5.74) is 7.08. The highest BCUT2D eigenvalue weighted by Gasteiger charge is 2.30. The fraction of sp³-hybridized carbons (Fsp3) is 0.269. The molecule has 3 atom stereocenters. The topological polar surface area (TPSA) is 220 Å². The van der Waals surface area contributed by atoms with Crippen LogP contribution >= 0.6 is 0 Å². The molecular weight excluding hydrogens is 508 g/mol. The zero-order valence-corrected chi connectivity index (χ0v) is 20.8. The molecule has 0 bridgehead atoms. The van der Waals surface area contributed by atoms with Gasteiger partial charge in [-0.3, -0.25) is 14.4 Å². The molecule has 0 saturated heterocycles. The minimum Gasteiger partial charge on any atom is -0.508 e. The van der Waals surface area contributed by atoms with E-state index in [2.05, 4.69) is 25.9 Å². The Morgan fingerprint density at radius 2 is 1.26 bits per heavy atom. The van der Waals surface area contributed by atoms with Gasteiger partial charge in [-0.1, -0.05) is 24.3 Å². The third-order valence-corrected chi connectivity index (χ3v) is 5.82. The van der Waals surface area contributed by atoms with E-state index in [0.717, 1.165) is 0 Å². The van der Waals surface area contributed by atoms with E-state index in [0.29, 0.717) is 16.8 Å². The summed E-state index contributed by atoms with van der Waals surface area (Å²) in [6.07, 6.45) is 2.82. The fourth-order valence-corrected chi connectivity index (χ4v) is 3.77. The maximum Gasteiger partial charge on any atom is 0.326 e. The summed E-state index contributed by atoms with van der Waals surface area (Å²) in [5, 5.41) is 36.4. The van der Waals surface area contributed by atoms with Crippen molar-refractivity contribution in [3.8, 4) is 11.5 Å². The van der Waals surface area contributed by atoms with Crippen LogP contribution in [0.3, 0.4) is 0 Å². The molecule has 206 valence electrons. The van der Waals surface area contributed by atoms with Gasteiger partial charge in [0.25, 0.3) is 0 Å². The molecule has 9 N–H and O–H groups in total. The second kappa shape index (κ2) is 13.6. The summed E-state index contributed by atoms with van der Waals surface area (Å²) in [6, 6.07) is 8.15. The molecule has 0 aliphatic heterocycles. The Morgan fingerprint density at radius 3 is 1.72 bits per heavy atom. The van der Waals surface area contributed by atoms with E-state index in [-0.39, 0.29) is 37.3 Å². The van der Waals surface area contributed by atoms with Crippen LogP contribution in [-0.2, 0) is 38.4 Å². The maximum atomic E-state index is 13.3. The molecule has 0 aliphatic rings. The zero-order valence-electron chi connectivity index (χ0n) is 20.8. The van der Waals surface area contributed by atoms with Gasteiger partial charge >= 0.3 is 5.97 Å². The van der Waals surface area contributed by atoms with E-state index >= 15 is 0 Å². The average Bonchev–Trinajstić information content (AvgIpc) is 3.43. The smallest absolute Gasteiger partial charge is 0.326 e. The van der Waals surface area contributed by atoms with Crippen LogP contribution in [0.4, 0.5) is 0 Å². The quantitative estimate of drug-likeness (QED) is 0.138. The van der Waals surface area contributed by atoms with Crippen molar-refractivity contribution in [1.29, 1.82) is 0 Å². The Balaban J connectivity index is 1.81. The third kappa shape index (κ3) is 8.86. The first-order valence-electron chi connectivity index (χ1n) is 12.0. The van der Waals surface area contributed by atoms with Crippen LogP contribution in [0.15, 0.2) is 61.1 Å². The number of phenols is 2. The van der Waals surface area contributed by atoms with E-state index in [4.69, 9.17) is 5.73 Å². The predicted molar refractivity (Wildman–Crippen MR) is 138 cm³/mol. The Bertz CT molecular complexity index is 1260. The molecule has 0 aliphatic carbocycles. The molecule has 39 heavy (non-hydrogen) atoms. The lowest BCUT2D eigenvalue weighted by Crippen LogP contribution is -2.57. The van der Waals surface area contributed by atoms with Gasteiger partial charge in [-0.05, 0) is 35.4 Å². The Hall–Kier alpha value is -4.91. The standard InChI is InChI=1S/C26H30N6O7/c27-12-23(35)30-21(11-17-13-28-14-29-17)25(37)31-20(9-15-1-5-18(33)6-2-15)24(36)32-22(26(38)39)10-16-3-7-19(34)8-4-16/h1-8,13-14,20-22,33-34H,9-12,27H2,(H,28,29)(H,30,35)(H,31,37)(H,32,36)(H,38,39). The zero-order chi connectivity index (χ0) is 28.4. The predicted octanol–water partition coefficient (Wildman–Crippen LogP) is -0.653. The lowest BCUT2D eigenvalue weighted by Gasteiger charge is -2.24. The molecule has 3 amide bonds. The lowest BCUT2D eigenvalue weighted by atomic mass is 10.0. The summed E-state index contributed by atoms with van der Waals surface area (Å²) in [6.45, 7) is -0.359. The van der Waals surface area contributed by atoms with Crippen LogP contribution in [0.25, 0.3) is 0 Å². The number of amides is 3. The second-order valence-electron chi connectivity index (χ2n) is 8.81. The van der Waals surface area contributed by atoms with Gasteiger partial charge in [0.05, 0.1) is 12.9 Å². The number of hydrogen-bond acceptors (Lipinski definition) is 8. The Kier molecular flexibility index (Phi) is 9.98. The number of aromatic nitrogens is 2. The number of hydrogen-bond donors (Lipinski definition) is 8. The van der Waals surface area contributed by atoms with E-state index in [1.165, 1.54) is 48.9 Å². The lowest BCUT2D eigenvalue weighted by molar-refractivity contribution is -0.142. The van der Waals surface area contributed by atoms with Crippen LogP contribution in [0.1, 0.15) is 16.8 Å². The molecule has 0 radical (unpaired) electrons. The molecule has 0 spiro atoms. The number of carbonyl (C=O) groups excluding carboxylic acids is 3. The van der Waals surface area contributed by atoms with Crippen LogP contribution in [0, 0.1) is 0 Å². The van der Waals surface area contributed by atoms with Crippen LogP contribution in [0.5, 0.6) is 11.5 Å². The summed E-state index contributed by atoms with van der Waals surface area (Å²) < 4.78 is 0. The van der Waals surface area contributed by atoms with Crippen molar-refractivity contribution in [2.24, 2.45) is 5.73 Å². The first kappa shape index (κ1) is 28.7. The Morgan fingerprint density at radius 1 is 0.769 bits per heavy atom. The molecule has 1 heterocycles. The number of nitrogens with two attached hydrogens (primary N) is 1. The van der Waals surface area contributed by atoms with Crippen molar-refractivity contribution in [1.82, 2.24) is 25.9 Å². The second-order valence-corrected chi connectivity index (χ2v) is 8.81. The maximum absolute atomic E-state index is 13.3. The largest absolute Gasteiger partial charge is 0.508 e. The average molecular weight is 539 g/mol. The van der Waals surface area contributed by atoms with Gasteiger partial charge in [0.15, 0.2) is 0 Å². The number of nitrogens with one attached hydrogen (secondary N) is 4. The number of carboxylic acids is 1. The minimum atomic E-state index is -1.33. The molecule has 0 saturated carbocycles. The van der Waals surface area contributed by atoms with Crippen molar-refractivity contribution in [3.05, 3.63) is 77.9 Å². The number of benzene rings is 2. The number of aliphatic carboxylic acids is 1. The molecule has 3 rings (SSSR count). The highest BCUT2D eigenvalue weighted by atomic mass is 16.4. The number of nitrogens with zero attached hydrogens (tertiary/aromatic N) is 1. The van der Waals surface area contributed by atoms with Crippen molar-refractivity contribution in [2.45, 2.75) is 37.4 Å². The van der Waals surface area contributed by atoms with Gasteiger partial charge in [-0.25, -0.2) is 9.78 Å². The number of H-pyrrole nitrogens is 1. The number of aromatic hydroxyl groups is 2. The third-order valence-electron chi connectivity index (χ3n) is 5.82.